The Hall–Kier alpha value is -1.08. The highest BCUT2D eigenvalue weighted by Crippen LogP contribution is 2.56. The zero-order chi connectivity index (χ0) is 14.4. The van der Waals surface area contributed by atoms with E-state index in [-0.39, 0.29) is 5.60 Å². The number of hydrogen-bond acceptors (Lipinski definition) is 1. The first-order valence-electron chi connectivity index (χ1n) is 7.80. The normalized spacial score (nSPS) is 34.0. The average molecular weight is 270 g/mol. The Kier molecular flexibility index (Phi) is 3.29. The van der Waals surface area contributed by atoms with Crippen LogP contribution in [0.25, 0.3) is 0 Å². The summed E-state index contributed by atoms with van der Waals surface area (Å²) in [6, 6.07) is 10.8. The van der Waals surface area contributed by atoms with E-state index in [1.165, 1.54) is 24.0 Å². The SMILES string of the molecule is C=C1CO[C@@]2(c3ccccc3)CC[C@@H](C(C)(C)C)C[C@@H]12. The molecule has 1 aliphatic heterocycles. The molecule has 0 unspecified atom stereocenters. The highest BCUT2D eigenvalue weighted by molar-refractivity contribution is 5.31. The molecule has 1 aliphatic carbocycles. The molecule has 0 spiro atoms. The zero-order valence-corrected chi connectivity index (χ0v) is 13.0. The van der Waals surface area contributed by atoms with Crippen molar-refractivity contribution in [2.24, 2.45) is 17.3 Å². The van der Waals surface area contributed by atoms with Gasteiger partial charge in [0.1, 0.15) is 5.60 Å². The number of benzene rings is 1. The summed E-state index contributed by atoms with van der Waals surface area (Å²) in [5.74, 6) is 1.26. The van der Waals surface area contributed by atoms with E-state index in [0.717, 1.165) is 18.9 Å². The lowest BCUT2D eigenvalue weighted by Crippen LogP contribution is -2.41. The van der Waals surface area contributed by atoms with E-state index >= 15 is 0 Å². The van der Waals surface area contributed by atoms with Gasteiger partial charge < -0.3 is 4.74 Å². The first-order valence-corrected chi connectivity index (χ1v) is 7.80. The maximum Gasteiger partial charge on any atom is 0.100 e. The van der Waals surface area contributed by atoms with Gasteiger partial charge in [-0.05, 0) is 41.7 Å². The van der Waals surface area contributed by atoms with Crippen LogP contribution in [0.4, 0.5) is 0 Å². The molecule has 0 bridgehead atoms. The minimum atomic E-state index is -0.0971. The molecule has 0 amide bonds. The van der Waals surface area contributed by atoms with Gasteiger partial charge in [-0.25, -0.2) is 0 Å². The average Bonchev–Trinajstić information content (AvgIpc) is 2.77. The standard InChI is InChI=1S/C19H26O/c1-14-13-20-19(15-8-6-5-7-9-15)11-10-16(12-17(14)19)18(2,3)4/h5-9,16-17H,1,10-13H2,2-4H3/t16-,17+,19-/m1/s1. The van der Waals surface area contributed by atoms with E-state index in [1.807, 2.05) is 0 Å². The molecule has 0 aromatic heterocycles. The molecule has 108 valence electrons. The van der Waals surface area contributed by atoms with Crippen LogP contribution in [-0.2, 0) is 10.3 Å². The summed E-state index contributed by atoms with van der Waals surface area (Å²) in [4.78, 5) is 0. The fourth-order valence-electron chi connectivity index (χ4n) is 4.08. The van der Waals surface area contributed by atoms with E-state index in [9.17, 15) is 0 Å². The molecule has 3 atom stereocenters. The van der Waals surface area contributed by atoms with E-state index in [1.54, 1.807) is 0 Å². The van der Waals surface area contributed by atoms with Crippen molar-refractivity contribution >= 4 is 0 Å². The van der Waals surface area contributed by atoms with Crippen LogP contribution in [0, 0.1) is 17.3 Å². The summed E-state index contributed by atoms with van der Waals surface area (Å²) < 4.78 is 6.30. The highest BCUT2D eigenvalue weighted by Gasteiger charge is 2.52. The molecule has 2 fully saturated rings. The Morgan fingerprint density at radius 3 is 2.55 bits per heavy atom. The lowest BCUT2D eigenvalue weighted by molar-refractivity contribution is -0.0715. The first kappa shape index (κ1) is 13.9. The molecule has 0 N–H and O–H groups in total. The number of rotatable bonds is 1. The topological polar surface area (TPSA) is 9.23 Å². The van der Waals surface area contributed by atoms with Gasteiger partial charge >= 0.3 is 0 Å². The van der Waals surface area contributed by atoms with Crippen LogP contribution in [0.2, 0.25) is 0 Å². The van der Waals surface area contributed by atoms with Crippen molar-refractivity contribution in [3.8, 4) is 0 Å². The van der Waals surface area contributed by atoms with E-state index in [2.05, 4.69) is 57.7 Å². The lowest BCUT2D eigenvalue weighted by atomic mass is 9.61. The first-order chi connectivity index (χ1) is 9.43. The Morgan fingerprint density at radius 2 is 1.90 bits per heavy atom. The van der Waals surface area contributed by atoms with Crippen molar-refractivity contribution in [3.63, 3.8) is 0 Å². The second kappa shape index (κ2) is 4.73. The van der Waals surface area contributed by atoms with Crippen LogP contribution in [0.3, 0.4) is 0 Å². The van der Waals surface area contributed by atoms with Crippen LogP contribution in [0.15, 0.2) is 42.5 Å². The Bertz CT molecular complexity index is 496. The third kappa shape index (κ3) is 2.13. The van der Waals surface area contributed by atoms with Crippen LogP contribution in [0.1, 0.15) is 45.6 Å². The van der Waals surface area contributed by atoms with Gasteiger partial charge in [-0.1, -0.05) is 57.7 Å². The lowest BCUT2D eigenvalue weighted by Gasteiger charge is -2.45. The predicted octanol–water partition coefficient (Wildman–Crippen LogP) is 4.93. The third-order valence-corrected chi connectivity index (χ3v) is 5.44. The Labute approximate surface area is 123 Å². The van der Waals surface area contributed by atoms with Crippen LogP contribution in [-0.4, -0.2) is 6.61 Å². The fraction of sp³-hybridized carbons (Fsp3) is 0.579. The molecule has 1 saturated carbocycles. The molecule has 1 aromatic carbocycles. The summed E-state index contributed by atoms with van der Waals surface area (Å²) in [5.41, 5.74) is 2.92. The van der Waals surface area contributed by atoms with Gasteiger partial charge in [0.2, 0.25) is 0 Å². The van der Waals surface area contributed by atoms with Gasteiger partial charge in [0.05, 0.1) is 6.61 Å². The van der Waals surface area contributed by atoms with Gasteiger partial charge in [0, 0.05) is 5.92 Å². The quantitative estimate of drug-likeness (QED) is 0.657. The van der Waals surface area contributed by atoms with Crippen molar-refractivity contribution in [2.75, 3.05) is 6.61 Å². The maximum absolute atomic E-state index is 6.30. The highest BCUT2D eigenvalue weighted by atomic mass is 16.5. The van der Waals surface area contributed by atoms with Crippen LogP contribution >= 0.6 is 0 Å². The second-order valence-electron chi connectivity index (χ2n) is 7.59. The molecule has 1 saturated heterocycles. The predicted molar refractivity (Wildman–Crippen MR) is 83.5 cm³/mol. The van der Waals surface area contributed by atoms with Crippen LogP contribution in [0.5, 0.6) is 0 Å². The molecule has 1 heteroatoms. The van der Waals surface area contributed by atoms with Crippen molar-refractivity contribution in [1.82, 2.24) is 0 Å². The van der Waals surface area contributed by atoms with Gasteiger partial charge in [0.25, 0.3) is 0 Å². The summed E-state index contributed by atoms with van der Waals surface area (Å²) >= 11 is 0. The van der Waals surface area contributed by atoms with Gasteiger partial charge in [-0.2, -0.15) is 0 Å². The zero-order valence-electron chi connectivity index (χ0n) is 13.0. The molecule has 20 heavy (non-hydrogen) atoms. The van der Waals surface area contributed by atoms with E-state index in [0.29, 0.717) is 11.3 Å². The largest absolute Gasteiger partial charge is 0.365 e. The van der Waals surface area contributed by atoms with Crippen molar-refractivity contribution < 1.29 is 4.74 Å². The summed E-state index contributed by atoms with van der Waals surface area (Å²) in [6.07, 6.45) is 3.60. The fourth-order valence-corrected chi connectivity index (χ4v) is 4.08. The molecule has 1 nitrogen and oxygen atoms in total. The molecular weight excluding hydrogens is 244 g/mol. The number of fused-ring (bicyclic) bond motifs is 1. The summed E-state index contributed by atoms with van der Waals surface area (Å²) in [6.45, 7) is 12.1. The van der Waals surface area contributed by atoms with E-state index in [4.69, 9.17) is 4.74 Å². The summed E-state index contributed by atoms with van der Waals surface area (Å²) in [5, 5.41) is 0. The Balaban J connectivity index is 1.95. The third-order valence-electron chi connectivity index (χ3n) is 5.44. The molecule has 2 aliphatic rings. The maximum atomic E-state index is 6.30. The Morgan fingerprint density at radius 1 is 1.20 bits per heavy atom. The summed E-state index contributed by atoms with van der Waals surface area (Å²) in [7, 11) is 0. The van der Waals surface area contributed by atoms with Crippen molar-refractivity contribution in [1.29, 1.82) is 0 Å². The van der Waals surface area contributed by atoms with Gasteiger partial charge in [0.15, 0.2) is 0 Å². The number of hydrogen-bond donors (Lipinski definition) is 0. The molecule has 3 rings (SSSR count). The molecule has 1 aromatic rings. The van der Waals surface area contributed by atoms with Crippen LogP contribution < -0.4 is 0 Å². The second-order valence-corrected chi connectivity index (χ2v) is 7.59. The molecule has 0 radical (unpaired) electrons. The van der Waals surface area contributed by atoms with E-state index < -0.39 is 0 Å². The van der Waals surface area contributed by atoms with Crippen molar-refractivity contribution in [3.05, 3.63) is 48.0 Å². The van der Waals surface area contributed by atoms with Crippen molar-refractivity contribution in [2.45, 2.75) is 45.6 Å². The minimum Gasteiger partial charge on any atom is -0.365 e. The monoisotopic (exact) mass is 270 g/mol. The molecule has 1 heterocycles. The smallest absolute Gasteiger partial charge is 0.100 e. The molecular formula is C19H26O. The number of ether oxygens (including phenoxy) is 1. The van der Waals surface area contributed by atoms with Gasteiger partial charge in [-0.3, -0.25) is 0 Å². The van der Waals surface area contributed by atoms with Gasteiger partial charge in [-0.15, -0.1) is 0 Å². The minimum absolute atomic E-state index is 0.0971.